The van der Waals surface area contributed by atoms with Crippen molar-refractivity contribution in [2.45, 2.75) is 30.0 Å². The van der Waals surface area contributed by atoms with Crippen molar-refractivity contribution in [3.8, 4) is 5.88 Å². The zero-order valence-electron chi connectivity index (χ0n) is 12.9. The number of pyridine rings is 1. The van der Waals surface area contributed by atoms with Crippen LogP contribution in [-0.4, -0.2) is 56.7 Å². The molecule has 24 heavy (non-hydrogen) atoms. The predicted molar refractivity (Wildman–Crippen MR) is 83.9 cm³/mol. The fourth-order valence-electron chi connectivity index (χ4n) is 2.46. The number of ether oxygens (including phenoxy) is 1. The Balaban J connectivity index is 0.00000288. The molecule has 0 spiro atoms. The van der Waals surface area contributed by atoms with Crippen LogP contribution in [0.4, 0.5) is 13.2 Å². The first-order valence-corrected chi connectivity index (χ1v) is 8.50. The first-order valence-electron chi connectivity index (χ1n) is 7.06. The Kier molecular flexibility index (Phi) is 7.26. The summed E-state index contributed by atoms with van der Waals surface area (Å²) in [6.07, 6.45) is -1.91. The largest absolute Gasteiger partial charge is 0.468 e. The first-order chi connectivity index (χ1) is 10.7. The van der Waals surface area contributed by atoms with Gasteiger partial charge in [-0.3, -0.25) is 0 Å². The number of rotatable bonds is 6. The number of halogens is 4. The molecule has 0 bridgehead atoms. The van der Waals surface area contributed by atoms with E-state index in [0.29, 0.717) is 13.1 Å². The van der Waals surface area contributed by atoms with Crippen molar-refractivity contribution in [1.82, 2.24) is 14.6 Å². The molecule has 1 fully saturated rings. The summed E-state index contributed by atoms with van der Waals surface area (Å²) in [5, 5.41) is 2.95. The summed E-state index contributed by atoms with van der Waals surface area (Å²) >= 11 is 0. The van der Waals surface area contributed by atoms with Gasteiger partial charge in [0, 0.05) is 25.2 Å². The minimum absolute atomic E-state index is 0. The van der Waals surface area contributed by atoms with E-state index < -0.39 is 22.8 Å². The van der Waals surface area contributed by atoms with E-state index in [1.807, 2.05) is 0 Å². The number of hydrogen-bond acceptors (Lipinski definition) is 5. The van der Waals surface area contributed by atoms with Gasteiger partial charge in [-0.2, -0.15) is 17.5 Å². The average Bonchev–Trinajstić information content (AvgIpc) is 2.94. The van der Waals surface area contributed by atoms with Gasteiger partial charge in [0.25, 0.3) is 0 Å². The molecule has 0 amide bonds. The van der Waals surface area contributed by atoms with Gasteiger partial charge < -0.3 is 10.1 Å². The molecule has 1 aromatic heterocycles. The highest BCUT2D eigenvalue weighted by atomic mass is 35.5. The van der Waals surface area contributed by atoms with E-state index in [-0.39, 0.29) is 29.2 Å². The molecule has 138 valence electrons. The number of sulfonamides is 1. The molecule has 2 heterocycles. The van der Waals surface area contributed by atoms with Crippen LogP contribution in [0.25, 0.3) is 0 Å². The quantitative estimate of drug-likeness (QED) is 0.803. The molecule has 0 radical (unpaired) electrons. The highest BCUT2D eigenvalue weighted by Gasteiger charge is 2.35. The highest BCUT2D eigenvalue weighted by molar-refractivity contribution is 7.89. The van der Waals surface area contributed by atoms with Gasteiger partial charge in [-0.15, -0.1) is 12.4 Å². The molecule has 1 N–H and O–H groups in total. The number of aromatic nitrogens is 1. The minimum Gasteiger partial charge on any atom is -0.468 e. The van der Waals surface area contributed by atoms with Gasteiger partial charge in [0.15, 0.2) is 6.61 Å². The smallest absolute Gasteiger partial charge is 0.422 e. The molecule has 1 aromatic rings. The Bertz CT molecular complexity index is 626. The van der Waals surface area contributed by atoms with Crippen molar-refractivity contribution in [2.75, 3.05) is 26.7 Å². The van der Waals surface area contributed by atoms with Crippen LogP contribution >= 0.6 is 12.4 Å². The van der Waals surface area contributed by atoms with Gasteiger partial charge in [0.05, 0.1) is 6.20 Å². The molecule has 0 aromatic carbocycles. The van der Waals surface area contributed by atoms with Crippen LogP contribution in [0.15, 0.2) is 23.2 Å². The molecule has 11 heteroatoms. The molecule has 6 nitrogen and oxygen atoms in total. The lowest BCUT2D eigenvalue weighted by Gasteiger charge is -2.23. The summed E-state index contributed by atoms with van der Waals surface area (Å²) in [7, 11) is -1.97. The van der Waals surface area contributed by atoms with Gasteiger partial charge >= 0.3 is 6.18 Å². The Morgan fingerprint density at radius 1 is 1.42 bits per heavy atom. The van der Waals surface area contributed by atoms with Crippen molar-refractivity contribution >= 4 is 22.4 Å². The minimum atomic E-state index is -4.47. The fraction of sp³-hybridized carbons (Fsp3) is 0.615. The number of alkyl halides is 3. The van der Waals surface area contributed by atoms with E-state index in [2.05, 4.69) is 15.0 Å². The Labute approximate surface area is 144 Å². The van der Waals surface area contributed by atoms with E-state index in [0.717, 1.165) is 25.1 Å². The molecular formula is C13H19ClF3N3O3S. The van der Waals surface area contributed by atoms with Crippen molar-refractivity contribution in [1.29, 1.82) is 0 Å². The maximum absolute atomic E-state index is 12.6. The number of nitrogens with one attached hydrogen (secondary N) is 1. The van der Waals surface area contributed by atoms with Gasteiger partial charge in [0.2, 0.25) is 15.9 Å². The van der Waals surface area contributed by atoms with E-state index in [4.69, 9.17) is 0 Å². The Morgan fingerprint density at radius 3 is 2.67 bits per heavy atom. The van der Waals surface area contributed by atoms with Crippen molar-refractivity contribution in [3.05, 3.63) is 18.3 Å². The van der Waals surface area contributed by atoms with Crippen LogP contribution < -0.4 is 10.1 Å². The second-order valence-corrected chi connectivity index (χ2v) is 7.10. The molecule has 2 rings (SSSR count). The van der Waals surface area contributed by atoms with Crippen LogP contribution in [0, 0.1) is 0 Å². The zero-order chi connectivity index (χ0) is 17.1. The summed E-state index contributed by atoms with van der Waals surface area (Å²) in [6.45, 7) is -0.511. The lowest BCUT2D eigenvalue weighted by Crippen LogP contribution is -2.40. The highest BCUT2D eigenvalue weighted by Crippen LogP contribution is 2.26. The monoisotopic (exact) mass is 389 g/mol. The molecule has 1 saturated heterocycles. The average molecular weight is 390 g/mol. The van der Waals surface area contributed by atoms with Crippen molar-refractivity contribution in [3.63, 3.8) is 0 Å². The van der Waals surface area contributed by atoms with E-state index in [1.165, 1.54) is 10.4 Å². The van der Waals surface area contributed by atoms with E-state index in [1.54, 1.807) is 7.05 Å². The lowest BCUT2D eigenvalue weighted by atomic mass is 10.2. The molecule has 1 aliphatic heterocycles. The number of nitrogens with zero attached hydrogens (tertiary/aromatic N) is 2. The van der Waals surface area contributed by atoms with Gasteiger partial charge in [0.1, 0.15) is 4.90 Å². The predicted octanol–water partition coefficient (Wildman–Crippen LogP) is 1.82. The van der Waals surface area contributed by atoms with Gasteiger partial charge in [-0.1, -0.05) is 0 Å². The van der Waals surface area contributed by atoms with Gasteiger partial charge in [-0.05, 0) is 26.0 Å². The summed E-state index contributed by atoms with van der Waals surface area (Å²) < 4.78 is 67.2. The normalized spacial score (nSPS) is 19.1. The van der Waals surface area contributed by atoms with E-state index in [9.17, 15) is 21.6 Å². The van der Waals surface area contributed by atoms with Crippen LogP contribution in [0.3, 0.4) is 0 Å². The molecule has 1 unspecified atom stereocenters. The third-order valence-corrected chi connectivity index (χ3v) is 5.40. The maximum Gasteiger partial charge on any atom is 0.422 e. The standard InChI is InChI=1S/C13H18F3N3O3S.ClH/c1-17-7-10-3-2-6-19(10)23(20,21)11-4-5-12(18-8-11)22-9-13(14,15)16;/h4-5,8,10,17H,2-3,6-7,9H2,1H3;1H. The summed E-state index contributed by atoms with van der Waals surface area (Å²) in [5.74, 6) is -0.269. The molecule has 0 aliphatic carbocycles. The van der Waals surface area contributed by atoms with Gasteiger partial charge in [-0.25, -0.2) is 13.4 Å². The molecular weight excluding hydrogens is 371 g/mol. The molecule has 1 aliphatic rings. The Hall–Kier alpha value is -1.10. The third kappa shape index (κ3) is 5.20. The topological polar surface area (TPSA) is 71.5 Å². The number of hydrogen-bond donors (Lipinski definition) is 1. The van der Waals surface area contributed by atoms with Crippen LogP contribution in [0.5, 0.6) is 5.88 Å². The second kappa shape index (κ2) is 8.32. The van der Waals surface area contributed by atoms with Crippen LogP contribution in [0.1, 0.15) is 12.8 Å². The molecule has 1 atom stereocenters. The molecule has 0 saturated carbocycles. The SMILES string of the molecule is CNCC1CCCN1S(=O)(=O)c1ccc(OCC(F)(F)F)nc1.Cl. The van der Waals surface area contributed by atoms with Crippen molar-refractivity contribution < 1.29 is 26.3 Å². The third-order valence-electron chi connectivity index (χ3n) is 3.46. The van der Waals surface area contributed by atoms with E-state index >= 15 is 0 Å². The summed E-state index contributed by atoms with van der Waals surface area (Å²) in [6, 6.07) is 2.20. The fourth-order valence-corrected chi connectivity index (χ4v) is 4.10. The van der Waals surface area contributed by atoms with Crippen LogP contribution in [0.2, 0.25) is 0 Å². The maximum atomic E-state index is 12.6. The second-order valence-electron chi connectivity index (χ2n) is 5.21. The zero-order valence-corrected chi connectivity index (χ0v) is 14.5. The lowest BCUT2D eigenvalue weighted by molar-refractivity contribution is -0.154. The van der Waals surface area contributed by atoms with Crippen LogP contribution in [-0.2, 0) is 10.0 Å². The number of likely N-dealkylation sites (N-methyl/N-ethyl adjacent to an activating group) is 1. The summed E-state index contributed by atoms with van der Waals surface area (Å²) in [5.41, 5.74) is 0. The Morgan fingerprint density at radius 2 is 2.12 bits per heavy atom. The first kappa shape index (κ1) is 20.9. The summed E-state index contributed by atoms with van der Waals surface area (Å²) in [4.78, 5) is 3.59. The van der Waals surface area contributed by atoms with Crippen molar-refractivity contribution in [2.24, 2.45) is 0 Å².